The van der Waals surface area contributed by atoms with Crippen molar-refractivity contribution < 1.29 is 22.9 Å². The number of carbonyl (C=O) groups excluding carboxylic acids is 1. The molecule has 10 heteroatoms. The number of nitro groups is 1. The minimum Gasteiger partial charge on any atom is -0.305 e. The van der Waals surface area contributed by atoms with E-state index >= 15 is 0 Å². The van der Waals surface area contributed by atoms with Crippen molar-refractivity contribution in [2.45, 2.75) is 13.0 Å². The Bertz CT molecular complexity index is 717. The highest BCUT2D eigenvalue weighted by Crippen LogP contribution is 2.17. The van der Waals surface area contributed by atoms with E-state index in [1.165, 1.54) is 12.3 Å². The van der Waals surface area contributed by atoms with E-state index < -0.39 is 40.9 Å². The van der Waals surface area contributed by atoms with Crippen LogP contribution >= 0.6 is 0 Å². The van der Waals surface area contributed by atoms with E-state index in [0.29, 0.717) is 6.07 Å². The van der Waals surface area contributed by atoms with Gasteiger partial charge in [-0.2, -0.15) is 5.10 Å². The van der Waals surface area contributed by atoms with Gasteiger partial charge in [0.05, 0.1) is 16.6 Å². The maximum absolute atomic E-state index is 13.7. The van der Waals surface area contributed by atoms with Crippen LogP contribution in [0.15, 0.2) is 30.5 Å². The van der Waals surface area contributed by atoms with Gasteiger partial charge in [-0.05, 0) is 6.07 Å². The van der Waals surface area contributed by atoms with Crippen LogP contribution in [0.3, 0.4) is 0 Å². The highest BCUT2D eigenvalue weighted by atomic mass is 19.3. The summed E-state index contributed by atoms with van der Waals surface area (Å²) < 4.78 is 38.9. The molecule has 1 amide bonds. The van der Waals surface area contributed by atoms with Crippen LogP contribution in [-0.4, -0.2) is 27.0 Å². The van der Waals surface area contributed by atoms with Crippen molar-refractivity contribution in [2.75, 3.05) is 5.32 Å². The van der Waals surface area contributed by atoms with Crippen molar-refractivity contribution >= 4 is 17.4 Å². The fourth-order valence-corrected chi connectivity index (χ4v) is 1.66. The van der Waals surface area contributed by atoms with Gasteiger partial charge in [-0.25, -0.2) is 13.2 Å². The minimum atomic E-state index is -2.60. The van der Waals surface area contributed by atoms with Crippen LogP contribution in [0, 0.1) is 15.9 Å². The van der Waals surface area contributed by atoms with Crippen LogP contribution < -0.4 is 5.32 Å². The maximum atomic E-state index is 13.7. The predicted molar refractivity (Wildman–Crippen MR) is 69.2 cm³/mol. The number of amides is 1. The van der Waals surface area contributed by atoms with E-state index in [1.807, 2.05) is 0 Å². The Morgan fingerprint density at radius 1 is 1.41 bits per heavy atom. The number of nitrogens with zero attached hydrogens (tertiary/aromatic N) is 3. The molecule has 0 aliphatic carbocycles. The Morgan fingerprint density at radius 2 is 2.14 bits per heavy atom. The average Bonchev–Trinajstić information content (AvgIpc) is 2.84. The van der Waals surface area contributed by atoms with Crippen LogP contribution in [0.1, 0.15) is 10.4 Å². The summed E-state index contributed by atoms with van der Waals surface area (Å²) in [5.74, 6) is -2.00. The average molecular weight is 314 g/mol. The second-order valence-electron chi connectivity index (χ2n) is 4.19. The van der Waals surface area contributed by atoms with Gasteiger partial charge in [-0.3, -0.25) is 19.6 Å². The zero-order valence-electron chi connectivity index (χ0n) is 10.9. The van der Waals surface area contributed by atoms with E-state index in [1.54, 1.807) is 0 Å². The van der Waals surface area contributed by atoms with Crippen molar-refractivity contribution in [2.24, 2.45) is 0 Å². The lowest BCUT2D eigenvalue weighted by Crippen LogP contribution is -2.15. The molecular weight excluding hydrogens is 305 g/mol. The molecule has 0 unspecified atom stereocenters. The number of non-ortho nitro benzene ring substituents is 1. The zero-order chi connectivity index (χ0) is 16.3. The second-order valence-corrected chi connectivity index (χ2v) is 4.19. The number of hydrogen-bond acceptors (Lipinski definition) is 4. The number of carbonyl (C=O) groups is 1. The minimum absolute atomic E-state index is 0.0385. The van der Waals surface area contributed by atoms with Gasteiger partial charge >= 0.3 is 0 Å². The van der Waals surface area contributed by atoms with Crippen molar-refractivity contribution in [1.82, 2.24) is 9.78 Å². The summed E-state index contributed by atoms with van der Waals surface area (Å²) in [6.07, 6.45) is -1.37. The third-order valence-corrected chi connectivity index (χ3v) is 2.62. The number of rotatable bonds is 5. The van der Waals surface area contributed by atoms with Gasteiger partial charge in [0.15, 0.2) is 5.82 Å². The quantitative estimate of drug-likeness (QED) is 0.678. The molecule has 7 nitrogen and oxygen atoms in total. The van der Waals surface area contributed by atoms with Crippen LogP contribution in [0.4, 0.5) is 24.7 Å². The first kappa shape index (κ1) is 15.5. The molecule has 2 aromatic rings. The zero-order valence-corrected chi connectivity index (χ0v) is 10.9. The van der Waals surface area contributed by atoms with Crippen LogP contribution in [0.5, 0.6) is 0 Å². The molecule has 0 saturated heterocycles. The van der Waals surface area contributed by atoms with Crippen molar-refractivity contribution in [3.05, 3.63) is 52.0 Å². The summed E-state index contributed by atoms with van der Waals surface area (Å²) in [4.78, 5) is 21.5. The monoisotopic (exact) mass is 314 g/mol. The van der Waals surface area contributed by atoms with Gasteiger partial charge in [0.2, 0.25) is 0 Å². The smallest absolute Gasteiger partial charge is 0.272 e. The molecule has 0 radical (unpaired) electrons. The van der Waals surface area contributed by atoms with Gasteiger partial charge in [-0.15, -0.1) is 0 Å². The lowest BCUT2D eigenvalue weighted by Gasteiger charge is -2.03. The fourth-order valence-electron chi connectivity index (χ4n) is 1.66. The predicted octanol–water partition coefficient (Wildman–Crippen LogP) is 2.45. The molecule has 116 valence electrons. The Morgan fingerprint density at radius 3 is 2.73 bits per heavy atom. The summed E-state index contributed by atoms with van der Waals surface area (Å²) in [6, 6.07) is 3.82. The number of benzene rings is 1. The van der Waals surface area contributed by atoms with Gasteiger partial charge < -0.3 is 5.32 Å². The fraction of sp³-hybridized carbons (Fsp3) is 0.167. The van der Waals surface area contributed by atoms with Crippen molar-refractivity contribution in [3.8, 4) is 0 Å². The highest BCUT2D eigenvalue weighted by molar-refractivity contribution is 6.04. The van der Waals surface area contributed by atoms with E-state index in [4.69, 9.17) is 0 Å². The van der Waals surface area contributed by atoms with E-state index in [0.717, 1.165) is 16.8 Å². The van der Waals surface area contributed by atoms with Crippen molar-refractivity contribution in [1.29, 1.82) is 0 Å². The number of aromatic nitrogens is 2. The van der Waals surface area contributed by atoms with Gasteiger partial charge in [0, 0.05) is 18.3 Å². The summed E-state index contributed by atoms with van der Waals surface area (Å²) in [7, 11) is 0. The van der Waals surface area contributed by atoms with Gasteiger partial charge in [0.1, 0.15) is 12.4 Å². The largest absolute Gasteiger partial charge is 0.305 e. The van der Waals surface area contributed by atoms with Crippen LogP contribution in [-0.2, 0) is 6.54 Å². The van der Waals surface area contributed by atoms with E-state index in [2.05, 4.69) is 10.4 Å². The molecule has 0 saturated carbocycles. The number of anilines is 1. The molecule has 0 bridgehead atoms. The summed E-state index contributed by atoms with van der Waals surface area (Å²) in [5.41, 5.74) is -0.913. The lowest BCUT2D eigenvalue weighted by atomic mass is 10.2. The molecule has 0 aliphatic heterocycles. The molecule has 0 spiro atoms. The molecule has 22 heavy (non-hydrogen) atoms. The molecule has 1 aromatic carbocycles. The Balaban J connectivity index is 2.12. The lowest BCUT2D eigenvalue weighted by molar-refractivity contribution is -0.385. The SMILES string of the molecule is O=C(Nc1ccn(CC(F)F)n1)c1ccc([N+](=O)[O-])cc1F. The van der Waals surface area contributed by atoms with E-state index in [9.17, 15) is 28.1 Å². The maximum Gasteiger partial charge on any atom is 0.272 e. The summed E-state index contributed by atoms with van der Waals surface area (Å²) >= 11 is 0. The number of nitrogens with one attached hydrogen (secondary N) is 1. The third kappa shape index (κ3) is 3.59. The first-order valence-electron chi connectivity index (χ1n) is 5.93. The standard InChI is InChI=1S/C12H9F3N4O3/c13-9-5-7(19(21)22)1-2-8(9)12(20)16-11-3-4-18(17-11)6-10(14)15/h1-5,10H,6H2,(H,16,17,20). The Hall–Kier alpha value is -2.91. The molecule has 1 aromatic heterocycles. The number of hydrogen-bond donors (Lipinski definition) is 1. The molecule has 1 heterocycles. The van der Waals surface area contributed by atoms with Crippen molar-refractivity contribution in [3.63, 3.8) is 0 Å². The molecular formula is C12H9F3N4O3. The molecule has 0 aliphatic rings. The second kappa shape index (κ2) is 6.24. The van der Waals surface area contributed by atoms with Gasteiger partial charge in [-0.1, -0.05) is 0 Å². The summed E-state index contributed by atoms with van der Waals surface area (Å²) in [5, 5.41) is 16.4. The topological polar surface area (TPSA) is 90.1 Å². The Kier molecular flexibility index (Phi) is 4.39. The third-order valence-electron chi connectivity index (χ3n) is 2.62. The highest BCUT2D eigenvalue weighted by Gasteiger charge is 2.17. The normalized spacial score (nSPS) is 10.7. The van der Waals surface area contributed by atoms with Crippen LogP contribution in [0.25, 0.3) is 0 Å². The molecule has 1 N–H and O–H groups in total. The van der Waals surface area contributed by atoms with Crippen LogP contribution in [0.2, 0.25) is 0 Å². The van der Waals surface area contributed by atoms with E-state index in [-0.39, 0.29) is 5.82 Å². The summed E-state index contributed by atoms with van der Waals surface area (Å²) in [6.45, 7) is -0.637. The molecule has 0 atom stereocenters. The van der Waals surface area contributed by atoms with Gasteiger partial charge in [0.25, 0.3) is 18.0 Å². The first-order valence-corrected chi connectivity index (χ1v) is 5.93. The first-order chi connectivity index (χ1) is 10.4. The molecule has 0 fully saturated rings. The number of nitro benzene ring substituents is 1. The molecule has 2 rings (SSSR count). The number of alkyl halides is 2. The Labute approximate surface area is 121 Å². The number of halogens is 3.